The first-order valence-corrected chi connectivity index (χ1v) is 6.11. The predicted molar refractivity (Wildman–Crippen MR) is 60.3 cm³/mol. The lowest BCUT2D eigenvalue weighted by Crippen LogP contribution is -2.44. The number of hydrogen-bond donors (Lipinski definition) is 2. The van der Waals surface area contributed by atoms with Gasteiger partial charge in [0.25, 0.3) is 0 Å². The molecule has 5 heteroatoms. The molecule has 1 aromatic rings. The van der Waals surface area contributed by atoms with Gasteiger partial charge in [-0.25, -0.2) is 4.98 Å². The van der Waals surface area contributed by atoms with E-state index >= 15 is 0 Å². The van der Waals surface area contributed by atoms with Gasteiger partial charge in [0.05, 0.1) is 6.54 Å². The molecule has 0 unspecified atom stereocenters. The van der Waals surface area contributed by atoms with Crippen molar-refractivity contribution < 1.29 is 4.79 Å². The third-order valence-corrected chi connectivity index (χ3v) is 3.33. The molecule has 4 nitrogen and oxygen atoms in total. The maximum absolute atomic E-state index is 11.6. The number of thiazole rings is 1. The number of carbonyl (C=O) groups excluding carboxylic acids is 1. The van der Waals surface area contributed by atoms with Gasteiger partial charge in [0, 0.05) is 24.2 Å². The second-order valence-electron chi connectivity index (χ2n) is 3.68. The number of piperidine rings is 1. The fourth-order valence-corrected chi connectivity index (χ4v) is 2.28. The zero-order chi connectivity index (χ0) is 10.5. The van der Waals surface area contributed by atoms with E-state index in [0.29, 0.717) is 17.6 Å². The molecule has 0 saturated carbocycles. The molecular weight excluding hydrogens is 210 g/mol. The first-order valence-electron chi connectivity index (χ1n) is 5.23. The Kier molecular flexibility index (Phi) is 3.82. The molecule has 0 amide bonds. The summed E-state index contributed by atoms with van der Waals surface area (Å²) in [5, 5.41) is 9.00. The number of Topliss-reactive ketones (excluding diaryl/α,β-unsaturated/α-hetero) is 1. The van der Waals surface area contributed by atoms with Crippen molar-refractivity contribution in [2.24, 2.45) is 0 Å². The van der Waals surface area contributed by atoms with Gasteiger partial charge in [0.15, 0.2) is 5.01 Å². The summed E-state index contributed by atoms with van der Waals surface area (Å²) in [6, 6.07) is 0.433. The van der Waals surface area contributed by atoms with Gasteiger partial charge in [-0.05, 0) is 19.4 Å². The Bertz CT molecular complexity index is 306. The average Bonchev–Trinajstić information content (AvgIpc) is 2.81. The highest BCUT2D eigenvalue weighted by Gasteiger charge is 2.14. The summed E-state index contributed by atoms with van der Waals surface area (Å²) in [6.45, 7) is 2.46. The van der Waals surface area contributed by atoms with Crippen LogP contribution < -0.4 is 10.6 Å². The standard InChI is InChI=1S/C10H15N3OS/c14-9(10-12-4-5-15-10)7-13-8-2-1-3-11-6-8/h4-5,8,11,13H,1-3,6-7H2/t8-/m1/s1. The van der Waals surface area contributed by atoms with E-state index in [9.17, 15) is 4.79 Å². The number of hydrogen-bond acceptors (Lipinski definition) is 5. The third kappa shape index (κ3) is 3.09. The molecule has 15 heavy (non-hydrogen) atoms. The molecule has 0 radical (unpaired) electrons. The quantitative estimate of drug-likeness (QED) is 0.739. The number of carbonyl (C=O) groups is 1. The monoisotopic (exact) mass is 225 g/mol. The summed E-state index contributed by atoms with van der Waals surface area (Å²) < 4.78 is 0. The van der Waals surface area contributed by atoms with Crippen LogP contribution >= 0.6 is 11.3 Å². The number of aromatic nitrogens is 1. The van der Waals surface area contributed by atoms with Crippen LogP contribution in [0.5, 0.6) is 0 Å². The van der Waals surface area contributed by atoms with Gasteiger partial charge in [-0.1, -0.05) is 0 Å². The Labute approximate surface area is 93.1 Å². The molecule has 82 valence electrons. The van der Waals surface area contributed by atoms with Gasteiger partial charge in [-0.15, -0.1) is 11.3 Å². The Morgan fingerprint density at radius 3 is 3.33 bits per heavy atom. The van der Waals surface area contributed by atoms with Crippen molar-refractivity contribution in [3.05, 3.63) is 16.6 Å². The van der Waals surface area contributed by atoms with Gasteiger partial charge in [0.2, 0.25) is 5.78 Å². The SMILES string of the molecule is O=C(CN[C@@H]1CCCNC1)c1nccs1. The van der Waals surface area contributed by atoms with Crippen molar-refractivity contribution in [3.63, 3.8) is 0 Å². The van der Waals surface area contributed by atoms with Crippen LogP contribution in [-0.4, -0.2) is 36.4 Å². The van der Waals surface area contributed by atoms with Crippen molar-refractivity contribution in [3.8, 4) is 0 Å². The number of nitrogens with zero attached hydrogens (tertiary/aromatic N) is 1. The average molecular weight is 225 g/mol. The van der Waals surface area contributed by atoms with E-state index in [1.165, 1.54) is 17.8 Å². The van der Waals surface area contributed by atoms with Crippen molar-refractivity contribution in [1.29, 1.82) is 0 Å². The maximum Gasteiger partial charge on any atom is 0.205 e. The minimum Gasteiger partial charge on any atom is -0.315 e. The molecule has 1 atom stereocenters. The summed E-state index contributed by atoms with van der Waals surface area (Å²) in [6.07, 6.45) is 4.00. The van der Waals surface area contributed by atoms with Crippen LogP contribution in [0.15, 0.2) is 11.6 Å². The first-order chi connectivity index (χ1) is 7.36. The maximum atomic E-state index is 11.6. The predicted octanol–water partition coefficient (Wildman–Crippen LogP) is 0.667. The van der Waals surface area contributed by atoms with Crippen LogP contribution in [0.3, 0.4) is 0 Å². The molecule has 1 fully saturated rings. The molecule has 0 spiro atoms. The van der Waals surface area contributed by atoms with Crippen LogP contribution in [0, 0.1) is 0 Å². The normalized spacial score (nSPS) is 21.5. The lowest BCUT2D eigenvalue weighted by molar-refractivity contribution is 0.0985. The van der Waals surface area contributed by atoms with E-state index in [-0.39, 0.29) is 5.78 Å². The molecule has 1 aliphatic heterocycles. The summed E-state index contributed by atoms with van der Waals surface area (Å²) in [4.78, 5) is 15.6. The minimum atomic E-state index is 0.0931. The number of ketones is 1. The van der Waals surface area contributed by atoms with Gasteiger partial charge < -0.3 is 10.6 Å². The van der Waals surface area contributed by atoms with Crippen molar-refractivity contribution in [1.82, 2.24) is 15.6 Å². The minimum absolute atomic E-state index is 0.0931. The van der Waals surface area contributed by atoms with Crippen molar-refractivity contribution in [2.45, 2.75) is 18.9 Å². The van der Waals surface area contributed by atoms with Gasteiger partial charge in [0.1, 0.15) is 0 Å². The topological polar surface area (TPSA) is 54.0 Å². The fraction of sp³-hybridized carbons (Fsp3) is 0.600. The largest absolute Gasteiger partial charge is 0.315 e. The summed E-state index contributed by atoms with van der Waals surface area (Å²) in [5.41, 5.74) is 0. The lowest BCUT2D eigenvalue weighted by atomic mass is 10.1. The summed E-state index contributed by atoms with van der Waals surface area (Å²) >= 11 is 1.40. The first kappa shape index (κ1) is 10.7. The van der Waals surface area contributed by atoms with E-state index in [0.717, 1.165) is 19.5 Å². The molecule has 0 aromatic carbocycles. The van der Waals surface area contributed by atoms with Crippen LogP contribution in [0.4, 0.5) is 0 Å². The number of nitrogens with one attached hydrogen (secondary N) is 2. The fourth-order valence-electron chi connectivity index (χ4n) is 1.70. The van der Waals surface area contributed by atoms with E-state index in [4.69, 9.17) is 0 Å². The molecule has 1 saturated heterocycles. The highest BCUT2D eigenvalue weighted by Crippen LogP contribution is 2.05. The van der Waals surface area contributed by atoms with E-state index in [1.807, 2.05) is 5.38 Å². The van der Waals surface area contributed by atoms with Gasteiger partial charge in [-0.2, -0.15) is 0 Å². The van der Waals surface area contributed by atoms with Gasteiger partial charge >= 0.3 is 0 Å². The Morgan fingerprint density at radius 1 is 1.73 bits per heavy atom. The van der Waals surface area contributed by atoms with Crippen LogP contribution in [-0.2, 0) is 0 Å². The van der Waals surface area contributed by atoms with E-state index in [2.05, 4.69) is 15.6 Å². The van der Waals surface area contributed by atoms with Crippen LogP contribution in [0.2, 0.25) is 0 Å². The smallest absolute Gasteiger partial charge is 0.205 e. The van der Waals surface area contributed by atoms with Crippen molar-refractivity contribution in [2.75, 3.05) is 19.6 Å². The molecule has 1 aromatic heterocycles. The molecular formula is C10H15N3OS. The van der Waals surface area contributed by atoms with E-state index < -0.39 is 0 Å². The molecule has 2 rings (SSSR count). The molecule has 0 aliphatic carbocycles. The third-order valence-electron chi connectivity index (χ3n) is 2.52. The number of rotatable bonds is 4. The van der Waals surface area contributed by atoms with Crippen molar-refractivity contribution >= 4 is 17.1 Å². The zero-order valence-electron chi connectivity index (χ0n) is 8.53. The highest BCUT2D eigenvalue weighted by molar-refractivity contribution is 7.11. The van der Waals surface area contributed by atoms with Crippen LogP contribution in [0.1, 0.15) is 22.6 Å². The second kappa shape index (κ2) is 5.34. The molecule has 2 N–H and O–H groups in total. The summed E-state index contributed by atoms with van der Waals surface area (Å²) in [7, 11) is 0. The van der Waals surface area contributed by atoms with Gasteiger partial charge in [-0.3, -0.25) is 4.79 Å². The lowest BCUT2D eigenvalue weighted by Gasteiger charge is -2.23. The molecule has 0 bridgehead atoms. The Morgan fingerprint density at radius 2 is 2.67 bits per heavy atom. The Hall–Kier alpha value is -0.780. The second-order valence-corrected chi connectivity index (χ2v) is 4.58. The summed E-state index contributed by atoms with van der Waals surface area (Å²) in [5.74, 6) is 0.0931. The highest BCUT2D eigenvalue weighted by atomic mass is 32.1. The van der Waals surface area contributed by atoms with Crippen LogP contribution in [0.25, 0.3) is 0 Å². The Balaban J connectivity index is 1.75. The van der Waals surface area contributed by atoms with E-state index in [1.54, 1.807) is 6.20 Å². The molecule has 1 aliphatic rings. The molecule has 2 heterocycles. The zero-order valence-corrected chi connectivity index (χ0v) is 9.35.